The Morgan fingerprint density at radius 3 is 2.21 bits per heavy atom. The third-order valence-electron chi connectivity index (χ3n) is 3.16. The van der Waals surface area contributed by atoms with Crippen LogP contribution in [0.3, 0.4) is 0 Å². The minimum atomic E-state index is -0.709. The average molecular weight is 257 g/mol. The molecule has 0 aliphatic carbocycles. The maximum Gasteiger partial charge on any atom is 0.0982 e. The number of benzene rings is 2. The average Bonchev–Trinajstić information content (AvgIpc) is 2.48. The molecule has 0 amide bonds. The minimum Gasteiger partial charge on any atom is -0.386 e. The molecule has 2 rings (SSSR count). The molecular weight excluding hydrogens is 238 g/mol. The minimum absolute atomic E-state index is 0.422. The van der Waals surface area contributed by atoms with E-state index in [1.807, 2.05) is 54.6 Å². The SMILES string of the molecule is COCc1ccc(C(O)C(N)c2ccccc2)cc1. The molecule has 0 aliphatic rings. The number of rotatable bonds is 5. The molecule has 0 aliphatic heterocycles. The first-order chi connectivity index (χ1) is 9.22. The highest BCUT2D eigenvalue weighted by Gasteiger charge is 2.18. The molecule has 3 heteroatoms. The Balaban J connectivity index is 2.12. The van der Waals surface area contributed by atoms with E-state index < -0.39 is 12.1 Å². The molecule has 2 atom stereocenters. The van der Waals surface area contributed by atoms with E-state index >= 15 is 0 Å². The van der Waals surface area contributed by atoms with Gasteiger partial charge < -0.3 is 15.6 Å². The van der Waals surface area contributed by atoms with Crippen LogP contribution in [0.2, 0.25) is 0 Å². The summed E-state index contributed by atoms with van der Waals surface area (Å²) in [5, 5.41) is 10.3. The van der Waals surface area contributed by atoms with Gasteiger partial charge in [-0.2, -0.15) is 0 Å². The Kier molecular flexibility index (Phi) is 4.68. The van der Waals surface area contributed by atoms with E-state index in [4.69, 9.17) is 10.5 Å². The Hall–Kier alpha value is -1.68. The fraction of sp³-hybridized carbons (Fsp3) is 0.250. The smallest absolute Gasteiger partial charge is 0.0982 e. The number of aliphatic hydroxyl groups is 1. The van der Waals surface area contributed by atoms with Gasteiger partial charge in [0, 0.05) is 7.11 Å². The molecular formula is C16H19NO2. The van der Waals surface area contributed by atoms with Crippen molar-refractivity contribution < 1.29 is 9.84 Å². The second-order valence-corrected chi connectivity index (χ2v) is 4.56. The predicted octanol–water partition coefficient (Wildman–Crippen LogP) is 2.57. The van der Waals surface area contributed by atoms with Gasteiger partial charge in [0.05, 0.1) is 18.8 Å². The quantitative estimate of drug-likeness (QED) is 0.865. The predicted molar refractivity (Wildman–Crippen MR) is 75.5 cm³/mol. The first kappa shape index (κ1) is 13.7. The Labute approximate surface area is 113 Å². The van der Waals surface area contributed by atoms with E-state index in [1.54, 1.807) is 7.11 Å². The summed E-state index contributed by atoms with van der Waals surface area (Å²) in [5.74, 6) is 0. The molecule has 0 radical (unpaired) electrons. The van der Waals surface area contributed by atoms with E-state index in [9.17, 15) is 5.11 Å². The van der Waals surface area contributed by atoms with E-state index in [0.29, 0.717) is 6.61 Å². The molecule has 3 nitrogen and oxygen atoms in total. The molecule has 0 saturated heterocycles. The lowest BCUT2D eigenvalue weighted by atomic mass is 9.96. The van der Waals surface area contributed by atoms with Crippen LogP contribution in [0.5, 0.6) is 0 Å². The zero-order valence-electron chi connectivity index (χ0n) is 11.0. The van der Waals surface area contributed by atoms with Crippen LogP contribution >= 0.6 is 0 Å². The highest BCUT2D eigenvalue weighted by molar-refractivity contribution is 5.28. The van der Waals surface area contributed by atoms with Crippen LogP contribution in [0, 0.1) is 0 Å². The zero-order valence-corrected chi connectivity index (χ0v) is 11.0. The van der Waals surface area contributed by atoms with Gasteiger partial charge in [0.1, 0.15) is 0 Å². The topological polar surface area (TPSA) is 55.5 Å². The molecule has 0 spiro atoms. The fourth-order valence-electron chi connectivity index (χ4n) is 2.04. The second-order valence-electron chi connectivity index (χ2n) is 4.56. The van der Waals surface area contributed by atoms with Crippen molar-refractivity contribution in [2.75, 3.05) is 7.11 Å². The number of aliphatic hydroxyl groups excluding tert-OH is 1. The van der Waals surface area contributed by atoms with Crippen LogP contribution in [-0.2, 0) is 11.3 Å². The number of ether oxygens (including phenoxy) is 1. The monoisotopic (exact) mass is 257 g/mol. The van der Waals surface area contributed by atoms with Crippen LogP contribution < -0.4 is 5.73 Å². The highest BCUT2D eigenvalue weighted by Crippen LogP contribution is 2.26. The van der Waals surface area contributed by atoms with Gasteiger partial charge >= 0.3 is 0 Å². The summed E-state index contributed by atoms with van der Waals surface area (Å²) < 4.78 is 5.06. The highest BCUT2D eigenvalue weighted by atomic mass is 16.5. The molecule has 100 valence electrons. The summed E-state index contributed by atoms with van der Waals surface area (Å²) in [4.78, 5) is 0. The van der Waals surface area contributed by atoms with Crippen molar-refractivity contribution >= 4 is 0 Å². The van der Waals surface area contributed by atoms with Crippen molar-refractivity contribution in [1.82, 2.24) is 0 Å². The summed E-state index contributed by atoms with van der Waals surface area (Å²) >= 11 is 0. The van der Waals surface area contributed by atoms with E-state index in [-0.39, 0.29) is 0 Å². The van der Waals surface area contributed by atoms with Gasteiger partial charge in [0.15, 0.2) is 0 Å². The van der Waals surface area contributed by atoms with Crippen molar-refractivity contribution in [3.05, 3.63) is 71.3 Å². The summed E-state index contributed by atoms with van der Waals surface area (Å²) in [6.45, 7) is 0.571. The van der Waals surface area contributed by atoms with Gasteiger partial charge in [-0.1, -0.05) is 54.6 Å². The van der Waals surface area contributed by atoms with Crippen molar-refractivity contribution in [3.8, 4) is 0 Å². The molecule has 2 aromatic rings. The van der Waals surface area contributed by atoms with Crippen molar-refractivity contribution in [3.63, 3.8) is 0 Å². The Morgan fingerprint density at radius 1 is 1.00 bits per heavy atom. The van der Waals surface area contributed by atoms with Gasteiger partial charge in [0.2, 0.25) is 0 Å². The lowest BCUT2D eigenvalue weighted by Crippen LogP contribution is -2.19. The summed E-state index contributed by atoms with van der Waals surface area (Å²) in [5.41, 5.74) is 8.91. The fourth-order valence-corrected chi connectivity index (χ4v) is 2.04. The first-order valence-electron chi connectivity index (χ1n) is 6.28. The standard InChI is InChI=1S/C16H19NO2/c1-19-11-12-7-9-14(10-8-12)16(18)15(17)13-5-3-2-4-6-13/h2-10,15-16,18H,11,17H2,1H3. The van der Waals surface area contributed by atoms with Gasteiger partial charge in [-0.15, -0.1) is 0 Å². The van der Waals surface area contributed by atoms with Crippen molar-refractivity contribution in [2.45, 2.75) is 18.8 Å². The molecule has 2 aromatic carbocycles. The third kappa shape index (κ3) is 3.41. The normalized spacial score (nSPS) is 14.1. The maximum absolute atomic E-state index is 10.3. The first-order valence-corrected chi connectivity index (χ1v) is 6.28. The Bertz CT molecular complexity index is 496. The number of hydrogen-bond donors (Lipinski definition) is 2. The van der Waals surface area contributed by atoms with E-state index in [0.717, 1.165) is 16.7 Å². The molecule has 0 bridgehead atoms. The number of hydrogen-bond acceptors (Lipinski definition) is 3. The van der Waals surface area contributed by atoms with Crippen LogP contribution in [0.15, 0.2) is 54.6 Å². The number of nitrogens with two attached hydrogens (primary N) is 1. The van der Waals surface area contributed by atoms with Gasteiger partial charge in [0.25, 0.3) is 0 Å². The largest absolute Gasteiger partial charge is 0.386 e. The van der Waals surface area contributed by atoms with Crippen molar-refractivity contribution in [2.24, 2.45) is 5.73 Å². The summed E-state index contributed by atoms with van der Waals surface area (Å²) in [7, 11) is 1.66. The summed E-state index contributed by atoms with van der Waals surface area (Å²) in [6.07, 6.45) is -0.709. The maximum atomic E-state index is 10.3. The van der Waals surface area contributed by atoms with Gasteiger partial charge in [-0.05, 0) is 16.7 Å². The third-order valence-corrected chi connectivity index (χ3v) is 3.16. The van der Waals surface area contributed by atoms with E-state index in [1.165, 1.54) is 0 Å². The van der Waals surface area contributed by atoms with Gasteiger partial charge in [-0.25, -0.2) is 0 Å². The van der Waals surface area contributed by atoms with Crippen LogP contribution in [-0.4, -0.2) is 12.2 Å². The zero-order chi connectivity index (χ0) is 13.7. The Morgan fingerprint density at radius 2 is 1.63 bits per heavy atom. The molecule has 0 heterocycles. The van der Waals surface area contributed by atoms with Gasteiger partial charge in [-0.3, -0.25) is 0 Å². The lowest BCUT2D eigenvalue weighted by Gasteiger charge is -2.19. The van der Waals surface area contributed by atoms with Crippen LogP contribution in [0.4, 0.5) is 0 Å². The lowest BCUT2D eigenvalue weighted by molar-refractivity contribution is 0.146. The van der Waals surface area contributed by atoms with E-state index in [2.05, 4.69) is 0 Å². The summed E-state index contributed by atoms with van der Waals surface area (Å²) in [6, 6.07) is 16.9. The van der Waals surface area contributed by atoms with Crippen LogP contribution in [0.25, 0.3) is 0 Å². The molecule has 0 fully saturated rings. The van der Waals surface area contributed by atoms with Crippen molar-refractivity contribution in [1.29, 1.82) is 0 Å². The second kappa shape index (κ2) is 6.48. The molecule has 0 saturated carbocycles. The van der Waals surface area contributed by atoms with Crippen LogP contribution in [0.1, 0.15) is 28.8 Å². The molecule has 3 N–H and O–H groups in total. The molecule has 2 unspecified atom stereocenters. The number of methoxy groups -OCH3 is 1. The molecule has 19 heavy (non-hydrogen) atoms. The molecule has 0 aromatic heterocycles.